The van der Waals surface area contributed by atoms with Crippen LogP contribution in [0.15, 0.2) is 261 Å². The molecule has 15 nitrogen and oxygen atoms in total. The maximum absolute atomic E-state index is 15.6. The third kappa shape index (κ3) is 17.7. The second-order valence-electron chi connectivity index (χ2n) is 23.0. The van der Waals surface area contributed by atoms with Crippen LogP contribution in [0.3, 0.4) is 0 Å². The van der Waals surface area contributed by atoms with Crippen molar-refractivity contribution in [2.75, 3.05) is 0 Å². The van der Waals surface area contributed by atoms with Crippen LogP contribution in [-0.4, -0.2) is 78.4 Å². The summed E-state index contributed by atoms with van der Waals surface area (Å²) in [5, 5.41) is 12.9. The first-order valence-electron chi connectivity index (χ1n) is 31.2. The molecule has 2 fully saturated rings. The van der Waals surface area contributed by atoms with Crippen LogP contribution in [0.1, 0.15) is 80.2 Å². The minimum Gasteiger partial charge on any atom is -0.456 e. The molecule has 0 saturated carbocycles. The van der Waals surface area contributed by atoms with Gasteiger partial charge in [-0.05, 0) is 63.1 Å². The van der Waals surface area contributed by atoms with Gasteiger partial charge < -0.3 is 52.1 Å². The fourth-order valence-electron chi connectivity index (χ4n) is 11.6. The lowest BCUT2D eigenvalue weighted by Crippen LogP contribution is -2.63. The number of hydrogen-bond acceptors (Lipinski definition) is 14. The van der Waals surface area contributed by atoms with Gasteiger partial charge in [0.1, 0.15) is 48.8 Å². The van der Waals surface area contributed by atoms with Crippen LogP contribution in [0.5, 0.6) is 0 Å². The highest BCUT2D eigenvalue weighted by molar-refractivity contribution is 5.92. The number of nitrogens with zero attached hydrogens (tertiary/aromatic N) is 1. The average molecular weight is 1240 g/mol. The lowest BCUT2D eigenvalue weighted by Gasteiger charge is -2.48. The lowest BCUT2D eigenvalue weighted by atomic mass is 9.83. The predicted octanol–water partition coefficient (Wildman–Crippen LogP) is 14.6. The Morgan fingerprint density at radius 3 is 0.957 bits per heavy atom. The minimum atomic E-state index is -1.09. The molecule has 9 aromatic carbocycles. The number of ether oxygens (including phenoxy) is 11. The van der Waals surface area contributed by atoms with Gasteiger partial charge in [0.15, 0.2) is 12.6 Å². The first-order chi connectivity index (χ1) is 45.2. The number of nitro benzene ring substituents is 1. The van der Waals surface area contributed by atoms with Gasteiger partial charge in [0.25, 0.3) is 5.69 Å². The fourth-order valence-corrected chi connectivity index (χ4v) is 11.6. The highest BCUT2D eigenvalue weighted by Gasteiger charge is 2.53. The Labute approximate surface area is 537 Å². The van der Waals surface area contributed by atoms with E-state index in [2.05, 4.69) is 0 Å². The summed E-state index contributed by atoms with van der Waals surface area (Å²) in [6, 6.07) is 82.3. The van der Waals surface area contributed by atoms with Crippen LogP contribution >= 0.6 is 0 Å². The summed E-state index contributed by atoms with van der Waals surface area (Å²) in [4.78, 5) is 28.0. The first kappa shape index (κ1) is 65.0. The monoisotopic (exact) mass is 1240 g/mol. The second kappa shape index (κ2) is 33.2. The number of nitro groups is 1. The van der Waals surface area contributed by atoms with Crippen molar-refractivity contribution < 1.29 is 61.8 Å². The van der Waals surface area contributed by atoms with Crippen LogP contribution in [0, 0.1) is 10.1 Å². The molecular weight excluding hydrogens is 1160 g/mol. The molecule has 9 aromatic rings. The van der Waals surface area contributed by atoms with Gasteiger partial charge in [0, 0.05) is 18.1 Å². The van der Waals surface area contributed by atoms with Crippen molar-refractivity contribution in [3.63, 3.8) is 0 Å². The molecule has 15 heteroatoms. The summed E-state index contributed by atoms with van der Waals surface area (Å²) in [7, 11) is 0. The SMILES string of the molecule is C[C@H](c1cc([N+](=O)[O-])ccc1C(=O)O[C@H](C)[C@H]1O[C@H](OCc2ccccc2)[C@@H](OCc2ccccc2)[C@@H](OCc2ccccc2)[C@@H]1OCc1ccccc1)[C@H]1O[C@H](OCc2ccccc2)[C@@H](OCc2ccccc2)[C@@H](OCc2ccccc2)[C@H]1OCc1ccccc1. The number of non-ortho nitro benzene ring substituents is 1. The van der Waals surface area contributed by atoms with Crippen molar-refractivity contribution in [3.8, 4) is 0 Å². The molecule has 0 amide bonds. The molecule has 2 saturated heterocycles. The minimum absolute atomic E-state index is 0.0432. The quantitative estimate of drug-likeness (QED) is 0.0237. The molecule has 474 valence electrons. The topological polar surface area (TPSA) is 162 Å². The van der Waals surface area contributed by atoms with Gasteiger partial charge in [0.05, 0.1) is 69.4 Å². The van der Waals surface area contributed by atoms with Crippen LogP contribution in [0.25, 0.3) is 0 Å². The molecular formula is C77H77NO14. The molecule has 2 aliphatic rings. The van der Waals surface area contributed by atoms with Crippen molar-refractivity contribution in [2.45, 2.75) is 140 Å². The first-order valence-corrected chi connectivity index (χ1v) is 31.2. The van der Waals surface area contributed by atoms with Crippen molar-refractivity contribution in [2.24, 2.45) is 0 Å². The van der Waals surface area contributed by atoms with Crippen LogP contribution < -0.4 is 0 Å². The molecule has 0 N–H and O–H groups in total. The molecule has 0 unspecified atom stereocenters. The Kier molecular flexibility index (Phi) is 23.4. The Balaban J connectivity index is 0.962. The van der Waals surface area contributed by atoms with E-state index in [1.165, 1.54) is 18.2 Å². The smallest absolute Gasteiger partial charge is 0.338 e. The molecule has 2 heterocycles. The molecule has 0 aliphatic carbocycles. The van der Waals surface area contributed by atoms with Crippen LogP contribution in [0.2, 0.25) is 0 Å². The number of esters is 1. The van der Waals surface area contributed by atoms with Gasteiger partial charge in [-0.3, -0.25) is 10.1 Å². The Morgan fingerprint density at radius 2 is 0.641 bits per heavy atom. The average Bonchev–Trinajstić information content (AvgIpc) is 0.832. The molecule has 92 heavy (non-hydrogen) atoms. The summed E-state index contributed by atoms with van der Waals surface area (Å²) in [6.07, 6.45) is -10.7. The van der Waals surface area contributed by atoms with E-state index in [1.807, 2.05) is 250 Å². The zero-order chi connectivity index (χ0) is 63.3. The molecule has 12 atom stereocenters. The molecule has 0 bridgehead atoms. The molecule has 0 aromatic heterocycles. The maximum Gasteiger partial charge on any atom is 0.338 e. The summed E-state index contributed by atoms with van der Waals surface area (Å²) >= 11 is 0. The summed E-state index contributed by atoms with van der Waals surface area (Å²) in [6.45, 7) is 4.86. The predicted molar refractivity (Wildman–Crippen MR) is 346 cm³/mol. The highest BCUT2D eigenvalue weighted by atomic mass is 16.7. The number of benzene rings is 9. The lowest BCUT2D eigenvalue weighted by molar-refractivity contribution is -0.385. The third-order valence-corrected chi connectivity index (χ3v) is 16.5. The largest absolute Gasteiger partial charge is 0.456 e. The zero-order valence-electron chi connectivity index (χ0n) is 51.6. The third-order valence-electron chi connectivity index (χ3n) is 16.5. The number of carbonyl (C=O) groups is 1. The van der Waals surface area contributed by atoms with E-state index in [0.717, 1.165) is 44.5 Å². The van der Waals surface area contributed by atoms with Gasteiger partial charge in [-0.25, -0.2) is 4.79 Å². The van der Waals surface area contributed by atoms with E-state index in [0.29, 0.717) is 0 Å². The van der Waals surface area contributed by atoms with Gasteiger partial charge in [-0.2, -0.15) is 0 Å². The van der Waals surface area contributed by atoms with E-state index in [9.17, 15) is 10.1 Å². The van der Waals surface area contributed by atoms with E-state index in [-0.39, 0.29) is 69.7 Å². The van der Waals surface area contributed by atoms with Gasteiger partial charge in [-0.15, -0.1) is 0 Å². The van der Waals surface area contributed by atoms with Crippen molar-refractivity contribution in [1.82, 2.24) is 0 Å². The van der Waals surface area contributed by atoms with E-state index in [4.69, 9.17) is 52.1 Å². The number of hydrogen-bond donors (Lipinski definition) is 0. The molecule has 2 aliphatic heterocycles. The summed E-state index contributed by atoms with van der Waals surface area (Å²) in [5.41, 5.74) is 7.24. The normalized spacial score (nSPS) is 22.0. The molecule has 11 rings (SSSR count). The highest BCUT2D eigenvalue weighted by Crippen LogP contribution is 2.41. The van der Waals surface area contributed by atoms with E-state index < -0.39 is 84.3 Å². The number of carbonyl (C=O) groups excluding carboxylic acids is 1. The van der Waals surface area contributed by atoms with Crippen molar-refractivity contribution in [3.05, 3.63) is 327 Å². The zero-order valence-corrected chi connectivity index (χ0v) is 51.6. The Hall–Kier alpha value is -8.55. The number of rotatable bonds is 30. The Morgan fingerprint density at radius 1 is 0.370 bits per heavy atom. The second-order valence-corrected chi connectivity index (χ2v) is 23.0. The summed E-state index contributed by atoms with van der Waals surface area (Å²) in [5.74, 6) is -1.64. The van der Waals surface area contributed by atoms with Crippen molar-refractivity contribution in [1.29, 1.82) is 0 Å². The van der Waals surface area contributed by atoms with Crippen LogP contribution in [-0.2, 0) is 105 Å². The molecule has 0 radical (unpaired) electrons. The van der Waals surface area contributed by atoms with E-state index in [1.54, 1.807) is 6.92 Å². The van der Waals surface area contributed by atoms with Gasteiger partial charge in [0.2, 0.25) is 0 Å². The standard InChI is InChI=1S/C77H77NO14/c1-54(67-69(82-46-56-27-11-3-12-28-56)71(84-48-58-31-15-5-16-32-58)73(86-50-60-35-19-7-20-36-60)76(91-67)88-52-62-39-23-9-24-40-62)66-45-64(78(80)81)43-44-65(66)75(79)90-55(2)68-70(83-47-57-29-13-4-14-30-57)72(85-49-59-33-17-6-18-34-59)74(87-51-61-37-21-8-22-38-61)77(92-68)89-53-63-41-25-10-26-42-63/h3-45,54-55,67-74,76-77H,46-53H2,1-2H3/t54-,55-,67-,68-,69+,70-,71+,72+,73+,74+,76+,77+/m1/s1. The Bertz CT molecular complexity index is 3640. The van der Waals surface area contributed by atoms with E-state index >= 15 is 4.79 Å². The fraction of sp³-hybridized carbons (Fsp3) is 0.286. The van der Waals surface area contributed by atoms with Crippen molar-refractivity contribution >= 4 is 11.7 Å². The maximum atomic E-state index is 15.6. The van der Waals surface area contributed by atoms with Gasteiger partial charge >= 0.3 is 5.97 Å². The van der Waals surface area contributed by atoms with Gasteiger partial charge in [-0.1, -0.05) is 250 Å². The van der Waals surface area contributed by atoms with Crippen LogP contribution in [0.4, 0.5) is 5.69 Å². The summed E-state index contributed by atoms with van der Waals surface area (Å²) < 4.78 is 76.5. The molecule has 0 spiro atoms.